The Hall–Kier alpha value is -0.880. The van der Waals surface area contributed by atoms with Gasteiger partial charge in [-0.3, -0.25) is 10.1 Å². The average Bonchev–Trinajstić information content (AvgIpc) is 1.84. The number of carbonyl (C=O) groups excluding carboxylic acids is 1. The van der Waals surface area contributed by atoms with Crippen LogP contribution in [0.1, 0.15) is 13.3 Å². The van der Waals surface area contributed by atoms with Crippen LogP contribution < -0.4 is 5.32 Å². The van der Waals surface area contributed by atoms with Crippen molar-refractivity contribution in [3.05, 3.63) is 0 Å². The summed E-state index contributed by atoms with van der Waals surface area (Å²) in [7, 11) is 0. The molecule has 0 rings (SSSR count). The van der Waals surface area contributed by atoms with Gasteiger partial charge >= 0.3 is 12.2 Å². The third-order valence-corrected chi connectivity index (χ3v) is 0.974. The van der Waals surface area contributed by atoms with E-state index in [0.717, 1.165) is 0 Å². The average molecular weight is 191 g/mol. The molecule has 0 aliphatic heterocycles. The molecule has 0 unspecified atom stereocenters. The van der Waals surface area contributed by atoms with Crippen molar-refractivity contribution in [2.45, 2.75) is 25.6 Å². The summed E-state index contributed by atoms with van der Waals surface area (Å²) >= 11 is 0. The number of nitrogens with one attached hydrogen (secondary N) is 1. The summed E-state index contributed by atoms with van der Waals surface area (Å²) in [6.45, 7) is 1.17. The first-order chi connectivity index (χ1) is 5.20. The lowest BCUT2D eigenvalue weighted by Gasteiger charge is -2.19. The summed E-state index contributed by atoms with van der Waals surface area (Å²) in [6.07, 6.45) is -6.16. The van der Waals surface area contributed by atoms with Gasteiger partial charge in [-0.15, -0.1) is 0 Å². The smallest absolute Gasteiger partial charge is 0.290 e. The molecule has 12 heavy (non-hydrogen) atoms. The van der Waals surface area contributed by atoms with Crippen LogP contribution in [0.15, 0.2) is 0 Å². The van der Waals surface area contributed by atoms with E-state index >= 15 is 0 Å². The van der Waals surface area contributed by atoms with Crippen LogP contribution in [0.25, 0.3) is 0 Å². The Morgan fingerprint density at radius 2 is 1.67 bits per heavy atom. The van der Waals surface area contributed by atoms with E-state index in [-0.39, 0.29) is 0 Å². The summed E-state index contributed by atoms with van der Waals surface area (Å²) in [5, 5.41) is 0.549. The van der Waals surface area contributed by atoms with Crippen LogP contribution in [0.3, 0.4) is 0 Å². The standard InChI is InChI=1S/C5H6F5NO/c1-2-3(12)11-5(9,10)4(6,7)8/h2H2,1H3,(H,11,12). The van der Waals surface area contributed by atoms with E-state index in [1.165, 1.54) is 6.92 Å². The van der Waals surface area contributed by atoms with E-state index in [1.54, 1.807) is 0 Å². The molecule has 0 aliphatic rings. The van der Waals surface area contributed by atoms with Crippen LogP contribution >= 0.6 is 0 Å². The van der Waals surface area contributed by atoms with Crippen LogP contribution in [0.2, 0.25) is 0 Å². The van der Waals surface area contributed by atoms with Crippen molar-refractivity contribution in [3.63, 3.8) is 0 Å². The van der Waals surface area contributed by atoms with E-state index in [9.17, 15) is 26.7 Å². The van der Waals surface area contributed by atoms with Gasteiger partial charge in [-0.25, -0.2) is 0 Å². The van der Waals surface area contributed by atoms with Crippen LogP contribution in [0.4, 0.5) is 22.0 Å². The highest BCUT2D eigenvalue weighted by Gasteiger charge is 2.58. The molecule has 0 bridgehead atoms. The summed E-state index contributed by atoms with van der Waals surface area (Å²) in [4.78, 5) is 10.2. The lowest BCUT2D eigenvalue weighted by Crippen LogP contribution is -2.51. The molecule has 0 atom stereocenters. The minimum Gasteiger partial charge on any atom is -0.290 e. The molecule has 0 aromatic rings. The molecule has 2 nitrogen and oxygen atoms in total. The molecule has 0 radical (unpaired) electrons. The minimum absolute atomic E-state index is 0.425. The molecule has 72 valence electrons. The summed E-state index contributed by atoms with van der Waals surface area (Å²) < 4.78 is 57.9. The van der Waals surface area contributed by atoms with Gasteiger partial charge in [-0.2, -0.15) is 22.0 Å². The highest BCUT2D eigenvalue weighted by molar-refractivity contribution is 5.76. The minimum atomic E-state index is -5.74. The monoisotopic (exact) mass is 191 g/mol. The fourth-order valence-corrected chi connectivity index (χ4v) is 0.334. The Labute approximate surface area is 64.7 Å². The van der Waals surface area contributed by atoms with Gasteiger partial charge in [0, 0.05) is 6.42 Å². The van der Waals surface area contributed by atoms with Crippen molar-refractivity contribution in [2.24, 2.45) is 0 Å². The molecular weight excluding hydrogens is 185 g/mol. The van der Waals surface area contributed by atoms with Crippen molar-refractivity contribution in [1.29, 1.82) is 0 Å². The maximum absolute atomic E-state index is 11.9. The van der Waals surface area contributed by atoms with E-state index in [4.69, 9.17) is 0 Å². The second-order valence-electron chi connectivity index (χ2n) is 1.97. The van der Waals surface area contributed by atoms with Crippen LogP contribution in [0, 0.1) is 0 Å². The largest absolute Gasteiger partial charge is 0.475 e. The summed E-state index contributed by atoms with van der Waals surface area (Å²) in [5.41, 5.74) is 0. The lowest BCUT2D eigenvalue weighted by atomic mass is 10.4. The number of hydrogen-bond donors (Lipinski definition) is 1. The number of alkyl halides is 5. The number of halogens is 5. The molecule has 0 fully saturated rings. The Kier molecular flexibility index (Phi) is 3.00. The lowest BCUT2D eigenvalue weighted by molar-refractivity contribution is -0.292. The number of carbonyl (C=O) groups is 1. The Bertz CT molecular complexity index is 175. The van der Waals surface area contributed by atoms with E-state index in [0.29, 0.717) is 5.32 Å². The summed E-state index contributed by atoms with van der Waals surface area (Å²) in [5.74, 6) is -1.35. The van der Waals surface area contributed by atoms with Crippen molar-refractivity contribution < 1.29 is 26.7 Å². The maximum Gasteiger partial charge on any atom is 0.475 e. The van der Waals surface area contributed by atoms with Gasteiger partial charge < -0.3 is 0 Å². The molecule has 7 heteroatoms. The predicted molar refractivity (Wildman–Crippen MR) is 29.4 cm³/mol. The Balaban J connectivity index is 4.33. The fraction of sp³-hybridized carbons (Fsp3) is 0.800. The molecule has 0 aromatic carbocycles. The topological polar surface area (TPSA) is 29.1 Å². The van der Waals surface area contributed by atoms with Crippen molar-refractivity contribution in [3.8, 4) is 0 Å². The van der Waals surface area contributed by atoms with E-state index in [1.807, 2.05) is 0 Å². The third-order valence-electron chi connectivity index (χ3n) is 0.974. The second kappa shape index (κ2) is 3.24. The molecule has 1 N–H and O–H groups in total. The Morgan fingerprint density at radius 1 is 1.25 bits per heavy atom. The number of rotatable bonds is 2. The Morgan fingerprint density at radius 3 is 1.92 bits per heavy atom. The molecule has 0 aliphatic carbocycles. The summed E-state index contributed by atoms with van der Waals surface area (Å²) in [6, 6.07) is -5.14. The second-order valence-corrected chi connectivity index (χ2v) is 1.97. The van der Waals surface area contributed by atoms with E-state index < -0.39 is 24.6 Å². The molecule has 0 saturated heterocycles. The molecule has 0 heterocycles. The van der Waals surface area contributed by atoms with E-state index in [2.05, 4.69) is 0 Å². The zero-order valence-corrected chi connectivity index (χ0v) is 6.01. The quantitative estimate of drug-likeness (QED) is 0.522. The van der Waals surface area contributed by atoms with Gasteiger partial charge in [0.05, 0.1) is 0 Å². The maximum atomic E-state index is 11.9. The van der Waals surface area contributed by atoms with Crippen LogP contribution in [0.5, 0.6) is 0 Å². The van der Waals surface area contributed by atoms with Gasteiger partial charge in [0.25, 0.3) is 0 Å². The zero-order valence-electron chi connectivity index (χ0n) is 6.01. The molecule has 0 aromatic heterocycles. The molecular formula is C5H6F5NO. The van der Waals surface area contributed by atoms with Crippen molar-refractivity contribution >= 4 is 5.91 Å². The van der Waals surface area contributed by atoms with Gasteiger partial charge in [0.15, 0.2) is 0 Å². The molecule has 0 spiro atoms. The number of amides is 1. The predicted octanol–water partition coefficient (Wildman–Crippen LogP) is 1.67. The fourth-order valence-electron chi connectivity index (χ4n) is 0.334. The van der Waals surface area contributed by atoms with Gasteiger partial charge in [0.2, 0.25) is 5.91 Å². The first kappa shape index (κ1) is 11.1. The zero-order chi connectivity index (χ0) is 9.99. The van der Waals surface area contributed by atoms with Crippen molar-refractivity contribution in [2.75, 3.05) is 0 Å². The molecule has 0 saturated carbocycles. The SMILES string of the molecule is CCC(=O)NC(F)(F)C(F)(F)F. The van der Waals surface area contributed by atoms with Crippen LogP contribution in [-0.2, 0) is 4.79 Å². The normalized spacial score (nSPS) is 12.8. The van der Waals surface area contributed by atoms with Gasteiger partial charge in [-0.05, 0) is 0 Å². The van der Waals surface area contributed by atoms with Crippen molar-refractivity contribution in [1.82, 2.24) is 5.32 Å². The first-order valence-corrected chi connectivity index (χ1v) is 2.96. The van der Waals surface area contributed by atoms with Gasteiger partial charge in [-0.1, -0.05) is 6.92 Å². The van der Waals surface area contributed by atoms with Crippen LogP contribution in [-0.4, -0.2) is 18.1 Å². The number of hydrogen-bond acceptors (Lipinski definition) is 1. The highest BCUT2D eigenvalue weighted by atomic mass is 19.4. The third kappa shape index (κ3) is 2.63. The van der Waals surface area contributed by atoms with Gasteiger partial charge in [0.1, 0.15) is 0 Å². The highest BCUT2D eigenvalue weighted by Crippen LogP contribution is 2.32. The molecule has 1 amide bonds. The first-order valence-electron chi connectivity index (χ1n) is 2.96.